The summed E-state index contributed by atoms with van der Waals surface area (Å²) in [5, 5.41) is 17.4. The second-order valence-corrected chi connectivity index (χ2v) is 5.80. The molecule has 0 saturated heterocycles. The molecule has 3 rings (SSSR count). The van der Waals surface area contributed by atoms with Crippen LogP contribution in [0.3, 0.4) is 0 Å². The second-order valence-electron chi connectivity index (χ2n) is 5.80. The number of pyridine rings is 1. The smallest absolute Gasteiger partial charge is 0.292 e. The SMILES string of the molecule is COc1ccccc1-n1nc(C(=O)N/N=C\c2ccccn2)c(C)c(C#N)c1=O. The van der Waals surface area contributed by atoms with Gasteiger partial charge >= 0.3 is 0 Å². The molecule has 1 amide bonds. The highest BCUT2D eigenvalue weighted by Crippen LogP contribution is 2.20. The number of ether oxygens (including phenoxy) is 1. The van der Waals surface area contributed by atoms with Crippen molar-refractivity contribution in [3.05, 3.63) is 81.5 Å². The van der Waals surface area contributed by atoms with Crippen LogP contribution in [0, 0.1) is 18.3 Å². The van der Waals surface area contributed by atoms with Gasteiger partial charge < -0.3 is 4.74 Å². The van der Waals surface area contributed by atoms with Crippen LogP contribution in [0.2, 0.25) is 0 Å². The molecule has 1 N–H and O–H groups in total. The van der Waals surface area contributed by atoms with Gasteiger partial charge in [0.25, 0.3) is 11.5 Å². The maximum atomic E-state index is 12.7. The zero-order valence-electron chi connectivity index (χ0n) is 15.7. The summed E-state index contributed by atoms with van der Waals surface area (Å²) in [5.41, 5.74) is 2.41. The highest BCUT2D eigenvalue weighted by atomic mass is 16.5. The molecule has 0 radical (unpaired) electrons. The third-order valence-electron chi connectivity index (χ3n) is 4.03. The van der Waals surface area contributed by atoms with Crippen LogP contribution in [0.5, 0.6) is 5.75 Å². The van der Waals surface area contributed by atoms with Gasteiger partial charge in [0.2, 0.25) is 0 Å². The zero-order chi connectivity index (χ0) is 20.8. The summed E-state index contributed by atoms with van der Waals surface area (Å²) in [6.45, 7) is 1.48. The summed E-state index contributed by atoms with van der Waals surface area (Å²) in [6.07, 6.45) is 2.96. The van der Waals surface area contributed by atoms with Crippen LogP contribution in [0.1, 0.15) is 27.3 Å². The van der Waals surface area contributed by atoms with E-state index in [0.29, 0.717) is 17.1 Å². The number of carbonyl (C=O) groups is 1. The van der Waals surface area contributed by atoms with Gasteiger partial charge in [0.05, 0.1) is 19.0 Å². The van der Waals surface area contributed by atoms with E-state index in [2.05, 4.69) is 20.6 Å². The Morgan fingerprint density at radius 3 is 2.72 bits per heavy atom. The number of hydrazone groups is 1. The minimum absolute atomic E-state index is 0.106. The van der Waals surface area contributed by atoms with E-state index in [1.165, 1.54) is 20.2 Å². The van der Waals surface area contributed by atoms with Gasteiger partial charge in [-0.05, 0) is 31.2 Å². The number of aromatic nitrogens is 3. The van der Waals surface area contributed by atoms with Crippen LogP contribution in [-0.4, -0.2) is 34.0 Å². The lowest BCUT2D eigenvalue weighted by Crippen LogP contribution is -2.31. The molecule has 0 bridgehead atoms. The Kier molecular flexibility index (Phi) is 5.75. The first-order valence-electron chi connectivity index (χ1n) is 8.48. The number of nitriles is 1. The van der Waals surface area contributed by atoms with Crippen molar-refractivity contribution in [1.82, 2.24) is 20.2 Å². The fourth-order valence-corrected chi connectivity index (χ4v) is 2.58. The maximum absolute atomic E-state index is 12.7. The van der Waals surface area contributed by atoms with Crippen LogP contribution < -0.4 is 15.7 Å². The van der Waals surface area contributed by atoms with Gasteiger partial charge in [-0.15, -0.1) is 0 Å². The molecule has 29 heavy (non-hydrogen) atoms. The van der Waals surface area contributed by atoms with Gasteiger partial charge in [-0.1, -0.05) is 18.2 Å². The standard InChI is InChI=1S/C20H16N6O3/c1-13-15(11-21)20(28)26(16-8-3-4-9-17(16)29-2)25-18(13)19(27)24-23-12-14-7-5-6-10-22-14/h3-10,12H,1-2H3,(H,24,27)/b23-12-. The predicted octanol–water partition coefficient (Wildman–Crippen LogP) is 1.58. The fourth-order valence-electron chi connectivity index (χ4n) is 2.58. The van der Waals surface area contributed by atoms with E-state index in [1.54, 1.807) is 48.7 Å². The molecule has 0 aliphatic rings. The number of benzene rings is 1. The molecule has 9 nitrogen and oxygen atoms in total. The Hall–Kier alpha value is -4.32. The van der Waals surface area contributed by atoms with Crippen molar-refractivity contribution in [2.75, 3.05) is 7.11 Å². The largest absolute Gasteiger partial charge is 0.494 e. The quantitative estimate of drug-likeness (QED) is 0.523. The number of rotatable bonds is 5. The summed E-state index contributed by atoms with van der Waals surface area (Å²) in [7, 11) is 1.45. The molecule has 0 saturated carbocycles. The number of nitrogens with zero attached hydrogens (tertiary/aromatic N) is 5. The van der Waals surface area contributed by atoms with Gasteiger partial charge in [0.1, 0.15) is 23.1 Å². The number of hydrogen-bond donors (Lipinski definition) is 1. The van der Waals surface area contributed by atoms with Crippen molar-refractivity contribution in [3.63, 3.8) is 0 Å². The molecule has 1 aromatic carbocycles. The van der Waals surface area contributed by atoms with Crippen molar-refractivity contribution in [2.45, 2.75) is 6.92 Å². The van der Waals surface area contributed by atoms with E-state index in [1.807, 2.05) is 6.07 Å². The first-order chi connectivity index (χ1) is 14.1. The van der Waals surface area contributed by atoms with Gasteiger partial charge in [0.15, 0.2) is 5.69 Å². The van der Waals surface area contributed by atoms with Crippen LogP contribution in [0.25, 0.3) is 5.69 Å². The molecule has 9 heteroatoms. The van der Waals surface area contributed by atoms with Crippen molar-refractivity contribution in [2.24, 2.45) is 5.10 Å². The zero-order valence-corrected chi connectivity index (χ0v) is 15.7. The van der Waals surface area contributed by atoms with Crippen molar-refractivity contribution < 1.29 is 9.53 Å². The maximum Gasteiger partial charge on any atom is 0.292 e. The predicted molar refractivity (Wildman–Crippen MR) is 105 cm³/mol. The van der Waals surface area contributed by atoms with Crippen molar-refractivity contribution in [1.29, 1.82) is 5.26 Å². The molecule has 0 unspecified atom stereocenters. The Labute approximate surface area is 165 Å². The lowest BCUT2D eigenvalue weighted by atomic mass is 10.1. The number of methoxy groups -OCH3 is 1. The minimum atomic E-state index is -0.671. The Bertz CT molecular complexity index is 1180. The van der Waals surface area contributed by atoms with E-state index in [0.717, 1.165) is 4.68 Å². The molecular formula is C20H16N6O3. The van der Waals surface area contributed by atoms with E-state index < -0.39 is 11.5 Å². The first-order valence-corrected chi connectivity index (χ1v) is 8.48. The highest BCUT2D eigenvalue weighted by Gasteiger charge is 2.21. The molecule has 0 spiro atoms. The second kappa shape index (κ2) is 8.58. The first kappa shape index (κ1) is 19.4. The number of amides is 1. The number of carbonyl (C=O) groups excluding carboxylic acids is 1. The fraction of sp³-hybridized carbons (Fsp3) is 0.100. The normalized spacial score (nSPS) is 10.5. The number of para-hydroxylation sites is 2. The average Bonchev–Trinajstić information content (AvgIpc) is 2.75. The third kappa shape index (κ3) is 4.01. The minimum Gasteiger partial charge on any atom is -0.494 e. The molecule has 0 aliphatic heterocycles. The Balaban J connectivity index is 2.03. The van der Waals surface area contributed by atoms with Gasteiger partial charge in [-0.3, -0.25) is 14.6 Å². The summed E-state index contributed by atoms with van der Waals surface area (Å²) in [5.74, 6) is -0.302. The summed E-state index contributed by atoms with van der Waals surface area (Å²) in [6, 6.07) is 13.8. The van der Waals surface area contributed by atoms with Gasteiger partial charge in [0, 0.05) is 11.8 Å². The third-order valence-corrected chi connectivity index (χ3v) is 4.03. The summed E-state index contributed by atoms with van der Waals surface area (Å²) >= 11 is 0. The average molecular weight is 388 g/mol. The highest BCUT2D eigenvalue weighted by molar-refractivity contribution is 5.94. The molecule has 0 aliphatic carbocycles. The van der Waals surface area contributed by atoms with Crippen LogP contribution in [0.15, 0.2) is 58.6 Å². The number of hydrogen-bond acceptors (Lipinski definition) is 7. The monoisotopic (exact) mass is 388 g/mol. The molecule has 2 aromatic heterocycles. The molecule has 3 aromatic rings. The number of nitrogens with one attached hydrogen (secondary N) is 1. The topological polar surface area (TPSA) is 122 Å². The molecule has 0 atom stereocenters. The lowest BCUT2D eigenvalue weighted by Gasteiger charge is -2.13. The summed E-state index contributed by atoms with van der Waals surface area (Å²) in [4.78, 5) is 29.4. The van der Waals surface area contributed by atoms with Crippen LogP contribution in [0.4, 0.5) is 0 Å². The van der Waals surface area contributed by atoms with Crippen molar-refractivity contribution >= 4 is 12.1 Å². The molecule has 144 valence electrons. The molecule has 0 fully saturated rings. The molecule has 2 heterocycles. The Morgan fingerprint density at radius 2 is 2.03 bits per heavy atom. The van der Waals surface area contributed by atoms with Gasteiger partial charge in [-0.25, -0.2) is 5.43 Å². The van der Waals surface area contributed by atoms with Crippen LogP contribution >= 0.6 is 0 Å². The molecular weight excluding hydrogens is 372 g/mol. The van der Waals surface area contributed by atoms with E-state index in [4.69, 9.17) is 4.74 Å². The van der Waals surface area contributed by atoms with E-state index in [9.17, 15) is 14.9 Å². The van der Waals surface area contributed by atoms with Crippen molar-refractivity contribution in [3.8, 4) is 17.5 Å². The van der Waals surface area contributed by atoms with Crippen LogP contribution in [-0.2, 0) is 0 Å². The van der Waals surface area contributed by atoms with E-state index in [-0.39, 0.29) is 16.8 Å². The Morgan fingerprint density at radius 1 is 1.28 bits per heavy atom. The van der Waals surface area contributed by atoms with E-state index >= 15 is 0 Å². The van der Waals surface area contributed by atoms with Gasteiger partial charge in [-0.2, -0.15) is 20.1 Å². The summed E-state index contributed by atoms with van der Waals surface area (Å²) < 4.78 is 6.23. The lowest BCUT2D eigenvalue weighted by molar-refractivity contribution is 0.0947.